The van der Waals surface area contributed by atoms with E-state index in [0.29, 0.717) is 6.54 Å². The molecule has 27 heavy (non-hydrogen) atoms. The van der Waals surface area contributed by atoms with Crippen molar-refractivity contribution in [2.45, 2.75) is 26.5 Å². The van der Waals surface area contributed by atoms with Crippen molar-refractivity contribution in [3.8, 4) is 0 Å². The number of thioether (sulfide) groups is 1. The summed E-state index contributed by atoms with van der Waals surface area (Å²) < 4.78 is 0. The van der Waals surface area contributed by atoms with Gasteiger partial charge >= 0.3 is 6.03 Å². The summed E-state index contributed by atoms with van der Waals surface area (Å²) in [5, 5.41) is 8.08. The van der Waals surface area contributed by atoms with Gasteiger partial charge in [-0.3, -0.25) is 0 Å². The molecule has 0 unspecified atom stereocenters. The van der Waals surface area contributed by atoms with E-state index in [1.807, 2.05) is 54.2 Å². The number of hydrogen-bond acceptors (Lipinski definition) is 2. The lowest BCUT2D eigenvalue weighted by atomic mass is 10.0. The highest BCUT2D eigenvalue weighted by Crippen LogP contribution is 2.23. The van der Waals surface area contributed by atoms with E-state index in [1.165, 1.54) is 22.3 Å². The van der Waals surface area contributed by atoms with E-state index in [2.05, 4.69) is 43.5 Å². The summed E-state index contributed by atoms with van der Waals surface area (Å²) in [4.78, 5) is 12.2. The van der Waals surface area contributed by atoms with Gasteiger partial charge in [0.15, 0.2) is 0 Å². The fraction of sp³-hybridized carbons (Fsp3) is 0.261. The fourth-order valence-electron chi connectivity index (χ4n) is 3.35. The number of carbonyl (C=O) groups is 1. The Morgan fingerprint density at radius 1 is 0.963 bits per heavy atom. The topological polar surface area (TPSA) is 41.1 Å². The van der Waals surface area contributed by atoms with Crippen molar-refractivity contribution >= 4 is 34.3 Å². The van der Waals surface area contributed by atoms with Crippen molar-refractivity contribution in [1.82, 2.24) is 5.32 Å². The molecule has 0 saturated carbocycles. The Hall–Kier alpha value is -2.46. The van der Waals surface area contributed by atoms with Crippen molar-refractivity contribution in [1.29, 1.82) is 0 Å². The molecule has 0 saturated heterocycles. The maximum atomic E-state index is 12.2. The minimum Gasteiger partial charge on any atom is -0.337 e. The molecule has 0 aromatic heterocycles. The quantitative estimate of drug-likeness (QED) is 0.531. The highest BCUT2D eigenvalue weighted by Gasteiger charge is 2.06. The van der Waals surface area contributed by atoms with Gasteiger partial charge in [-0.05, 0) is 48.9 Å². The second-order valence-electron chi connectivity index (χ2n) is 6.84. The summed E-state index contributed by atoms with van der Waals surface area (Å²) >= 11 is 1.85. The molecule has 3 rings (SSSR count). The minimum absolute atomic E-state index is 0.158. The van der Waals surface area contributed by atoms with Crippen LogP contribution in [0.25, 0.3) is 10.8 Å². The number of urea groups is 1. The molecule has 3 aromatic rings. The summed E-state index contributed by atoms with van der Waals surface area (Å²) in [5.74, 6) is 1.86. The van der Waals surface area contributed by atoms with Gasteiger partial charge in [0.1, 0.15) is 0 Å². The summed E-state index contributed by atoms with van der Waals surface area (Å²) in [7, 11) is 0. The lowest BCUT2D eigenvalue weighted by Gasteiger charge is -2.12. The molecule has 0 spiro atoms. The van der Waals surface area contributed by atoms with Crippen molar-refractivity contribution in [2.75, 3.05) is 17.6 Å². The molecule has 3 aromatic carbocycles. The van der Waals surface area contributed by atoms with Crippen LogP contribution < -0.4 is 10.6 Å². The molecule has 0 radical (unpaired) electrons. The van der Waals surface area contributed by atoms with Crippen LogP contribution in [-0.2, 0) is 5.75 Å². The molecule has 140 valence electrons. The first-order valence-corrected chi connectivity index (χ1v) is 10.4. The van der Waals surface area contributed by atoms with E-state index in [9.17, 15) is 4.79 Å². The number of amides is 2. The third-order valence-corrected chi connectivity index (χ3v) is 5.64. The molecule has 4 heteroatoms. The molecule has 0 bridgehead atoms. The normalized spacial score (nSPS) is 10.8. The standard InChI is InChI=1S/C23H26N2OS/c1-16-13-17(2)21(18(3)14-16)15-27-12-11-24-23(26)25-22-10-6-8-19-7-4-5-9-20(19)22/h4-10,13-14H,11-12,15H2,1-3H3,(H2,24,25,26). The van der Waals surface area contributed by atoms with Gasteiger partial charge in [-0.25, -0.2) is 4.79 Å². The van der Waals surface area contributed by atoms with Crippen LogP contribution >= 0.6 is 11.8 Å². The highest BCUT2D eigenvalue weighted by atomic mass is 32.2. The number of carbonyl (C=O) groups excluding carboxylic acids is 1. The third kappa shape index (κ3) is 5.04. The number of fused-ring (bicyclic) bond motifs is 1. The fourth-order valence-corrected chi connectivity index (χ4v) is 4.40. The van der Waals surface area contributed by atoms with Crippen LogP contribution in [0.5, 0.6) is 0 Å². The van der Waals surface area contributed by atoms with E-state index in [-0.39, 0.29) is 6.03 Å². The zero-order valence-corrected chi connectivity index (χ0v) is 17.0. The Labute approximate surface area is 165 Å². The van der Waals surface area contributed by atoms with Crippen LogP contribution in [0.4, 0.5) is 10.5 Å². The van der Waals surface area contributed by atoms with Crippen LogP contribution in [0, 0.1) is 20.8 Å². The largest absolute Gasteiger partial charge is 0.337 e. The first kappa shape index (κ1) is 19.3. The monoisotopic (exact) mass is 378 g/mol. The summed E-state index contributed by atoms with van der Waals surface area (Å²) in [6, 6.07) is 18.3. The average Bonchev–Trinajstić information content (AvgIpc) is 2.63. The lowest BCUT2D eigenvalue weighted by Crippen LogP contribution is -2.30. The van der Waals surface area contributed by atoms with Gasteiger partial charge in [0, 0.05) is 23.4 Å². The van der Waals surface area contributed by atoms with E-state index < -0.39 is 0 Å². The van der Waals surface area contributed by atoms with Gasteiger partial charge in [-0.1, -0.05) is 54.1 Å². The Balaban J connectivity index is 1.46. The zero-order valence-electron chi connectivity index (χ0n) is 16.1. The Kier molecular flexibility index (Phi) is 6.40. The van der Waals surface area contributed by atoms with Crippen molar-refractivity contribution in [2.24, 2.45) is 0 Å². The predicted octanol–water partition coefficient (Wildman–Crippen LogP) is 5.82. The number of benzene rings is 3. The van der Waals surface area contributed by atoms with Crippen molar-refractivity contribution < 1.29 is 4.79 Å². The Bertz CT molecular complexity index is 924. The number of rotatable bonds is 6. The summed E-state index contributed by atoms with van der Waals surface area (Å²) in [5.41, 5.74) is 6.25. The lowest BCUT2D eigenvalue weighted by molar-refractivity contribution is 0.252. The average molecular weight is 379 g/mol. The van der Waals surface area contributed by atoms with Crippen LogP contribution in [-0.4, -0.2) is 18.3 Å². The van der Waals surface area contributed by atoms with Gasteiger partial charge in [-0.15, -0.1) is 0 Å². The second kappa shape index (κ2) is 8.96. The smallest absolute Gasteiger partial charge is 0.319 e. The first-order chi connectivity index (χ1) is 13.0. The SMILES string of the molecule is Cc1cc(C)c(CSCCNC(=O)Nc2cccc3ccccc23)c(C)c1. The van der Waals surface area contributed by atoms with Crippen LogP contribution in [0.2, 0.25) is 0 Å². The van der Waals surface area contributed by atoms with E-state index in [4.69, 9.17) is 0 Å². The molecule has 0 fully saturated rings. The first-order valence-electron chi connectivity index (χ1n) is 9.21. The number of nitrogens with one attached hydrogen (secondary N) is 2. The van der Waals surface area contributed by atoms with Gasteiger partial charge in [0.2, 0.25) is 0 Å². The molecule has 0 aliphatic rings. The molecule has 0 aliphatic heterocycles. The third-order valence-electron chi connectivity index (χ3n) is 4.66. The van der Waals surface area contributed by atoms with Crippen LogP contribution in [0.3, 0.4) is 0 Å². The Morgan fingerprint density at radius 2 is 1.67 bits per heavy atom. The molecule has 3 nitrogen and oxygen atoms in total. The van der Waals surface area contributed by atoms with Gasteiger partial charge < -0.3 is 10.6 Å². The summed E-state index contributed by atoms with van der Waals surface area (Å²) in [6.07, 6.45) is 0. The van der Waals surface area contributed by atoms with Gasteiger partial charge in [-0.2, -0.15) is 11.8 Å². The van der Waals surface area contributed by atoms with Crippen LogP contribution in [0.15, 0.2) is 54.6 Å². The molecular formula is C23H26N2OS. The highest BCUT2D eigenvalue weighted by molar-refractivity contribution is 7.98. The molecule has 2 amide bonds. The van der Waals surface area contributed by atoms with Gasteiger partial charge in [0.05, 0.1) is 5.69 Å². The Morgan fingerprint density at radius 3 is 2.44 bits per heavy atom. The maximum Gasteiger partial charge on any atom is 0.319 e. The van der Waals surface area contributed by atoms with E-state index in [0.717, 1.165) is 28.0 Å². The number of hydrogen-bond donors (Lipinski definition) is 2. The molecular weight excluding hydrogens is 352 g/mol. The molecule has 2 N–H and O–H groups in total. The summed E-state index contributed by atoms with van der Waals surface area (Å²) in [6.45, 7) is 7.12. The predicted molar refractivity (Wildman–Crippen MR) is 118 cm³/mol. The zero-order chi connectivity index (χ0) is 19.2. The van der Waals surface area contributed by atoms with Crippen molar-refractivity contribution in [3.05, 3.63) is 76.9 Å². The van der Waals surface area contributed by atoms with Crippen molar-refractivity contribution in [3.63, 3.8) is 0 Å². The molecule has 0 atom stereocenters. The van der Waals surface area contributed by atoms with E-state index >= 15 is 0 Å². The molecule has 0 heterocycles. The minimum atomic E-state index is -0.158. The van der Waals surface area contributed by atoms with Crippen LogP contribution in [0.1, 0.15) is 22.3 Å². The second-order valence-corrected chi connectivity index (χ2v) is 7.94. The van der Waals surface area contributed by atoms with Gasteiger partial charge in [0.25, 0.3) is 0 Å². The van der Waals surface area contributed by atoms with E-state index in [1.54, 1.807) is 0 Å². The number of aryl methyl sites for hydroxylation is 3. The maximum absolute atomic E-state index is 12.2. The number of anilines is 1. The molecule has 0 aliphatic carbocycles.